The summed E-state index contributed by atoms with van der Waals surface area (Å²) in [6.45, 7) is 2.02. The van der Waals surface area contributed by atoms with Gasteiger partial charge in [-0.3, -0.25) is 4.21 Å². The normalized spacial score (nSPS) is 15.4. The molecule has 0 saturated heterocycles. The van der Waals surface area contributed by atoms with Crippen LogP contribution in [0.3, 0.4) is 0 Å². The van der Waals surface area contributed by atoms with Crippen molar-refractivity contribution in [3.05, 3.63) is 20.8 Å². The second-order valence-corrected chi connectivity index (χ2v) is 6.56. The lowest BCUT2D eigenvalue weighted by Gasteiger charge is -2.06. The molecule has 0 bridgehead atoms. The Hall–Kier alpha value is 0.290. The van der Waals surface area contributed by atoms with E-state index in [2.05, 4.69) is 15.9 Å². The molecule has 80 valence electrons. The van der Waals surface area contributed by atoms with Crippen LogP contribution in [-0.2, 0) is 16.6 Å². The summed E-state index contributed by atoms with van der Waals surface area (Å²) < 4.78 is 12.7. The smallest absolute Gasteiger partial charge is 0.0580 e. The van der Waals surface area contributed by atoms with Crippen molar-refractivity contribution < 1.29 is 4.21 Å². The fourth-order valence-electron chi connectivity index (χ4n) is 1.00. The molecule has 2 unspecified atom stereocenters. The Labute approximate surface area is 99.5 Å². The van der Waals surface area contributed by atoms with Crippen molar-refractivity contribution in [3.63, 3.8) is 0 Å². The summed E-state index contributed by atoms with van der Waals surface area (Å²) in [5.74, 6) is 1.23. The van der Waals surface area contributed by atoms with Gasteiger partial charge in [-0.15, -0.1) is 11.3 Å². The Morgan fingerprint density at radius 2 is 2.43 bits per heavy atom. The summed E-state index contributed by atoms with van der Waals surface area (Å²) in [5, 5.41) is 2.01. The highest BCUT2D eigenvalue weighted by Gasteiger charge is 2.08. The SMILES string of the molecule is CCC(N)CS(=O)Cc1cc(Br)cs1. The van der Waals surface area contributed by atoms with Gasteiger partial charge in [0.1, 0.15) is 0 Å². The van der Waals surface area contributed by atoms with Gasteiger partial charge in [-0.05, 0) is 28.4 Å². The van der Waals surface area contributed by atoms with E-state index in [1.165, 1.54) is 0 Å². The third kappa shape index (κ3) is 4.21. The summed E-state index contributed by atoms with van der Waals surface area (Å²) in [6, 6.07) is 2.08. The summed E-state index contributed by atoms with van der Waals surface area (Å²) in [6.07, 6.45) is 0.889. The third-order valence-corrected chi connectivity index (χ3v) is 5.16. The maximum absolute atomic E-state index is 11.6. The molecule has 14 heavy (non-hydrogen) atoms. The van der Waals surface area contributed by atoms with E-state index in [9.17, 15) is 4.21 Å². The zero-order valence-corrected chi connectivity index (χ0v) is 11.3. The Balaban J connectivity index is 2.41. The molecule has 2 atom stereocenters. The molecule has 0 radical (unpaired) electrons. The van der Waals surface area contributed by atoms with Crippen molar-refractivity contribution in [2.45, 2.75) is 25.1 Å². The minimum atomic E-state index is -0.823. The average Bonchev–Trinajstić information content (AvgIpc) is 2.50. The van der Waals surface area contributed by atoms with Crippen LogP contribution in [0.4, 0.5) is 0 Å². The van der Waals surface area contributed by atoms with Crippen molar-refractivity contribution >= 4 is 38.1 Å². The van der Waals surface area contributed by atoms with Gasteiger partial charge in [0.15, 0.2) is 0 Å². The maximum atomic E-state index is 11.6. The molecule has 1 heterocycles. The van der Waals surface area contributed by atoms with Gasteiger partial charge in [0.05, 0.1) is 5.75 Å². The van der Waals surface area contributed by atoms with E-state index in [0.717, 1.165) is 15.8 Å². The molecule has 5 heteroatoms. The Kier molecular flexibility index (Phi) is 5.30. The Morgan fingerprint density at radius 1 is 1.71 bits per heavy atom. The molecular formula is C9H14BrNOS2. The van der Waals surface area contributed by atoms with E-state index in [1.807, 2.05) is 18.4 Å². The maximum Gasteiger partial charge on any atom is 0.0580 e. The fraction of sp³-hybridized carbons (Fsp3) is 0.556. The number of thiophene rings is 1. The molecule has 0 aliphatic heterocycles. The van der Waals surface area contributed by atoms with Crippen LogP contribution >= 0.6 is 27.3 Å². The number of halogens is 1. The first kappa shape index (κ1) is 12.4. The van der Waals surface area contributed by atoms with Crippen LogP contribution in [0.1, 0.15) is 18.2 Å². The number of nitrogens with two attached hydrogens (primary N) is 1. The molecule has 2 N–H and O–H groups in total. The minimum absolute atomic E-state index is 0.0687. The molecule has 0 aromatic carbocycles. The molecule has 0 amide bonds. The quantitative estimate of drug-likeness (QED) is 0.907. The van der Waals surface area contributed by atoms with Gasteiger partial charge >= 0.3 is 0 Å². The highest BCUT2D eigenvalue weighted by Crippen LogP contribution is 2.21. The van der Waals surface area contributed by atoms with Gasteiger partial charge in [-0.2, -0.15) is 0 Å². The molecule has 1 rings (SSSR count). The first-order valence-corrected chi connectivity index (χ1v) is 7.61. The van der Waals surface area contributed by atoms with Crippen LogP contribution in [0.5, 0.6) is 0 Å². The van der Waals surface area contributed by atoms with E-state index in [1.54, 1.807) is 11.3 Å². The minimum Gasteiger partial charge on any atom is -0.327 e. The molecule has 1 aromatic rings. The van der Waals surface area contributed by atoms with E-state index < -0.39 is 10.8 Å². The molecule has 0 aliphatic carbocycles. The van der Waals surface area contributed by atoms with Gasteiger partial charge in [0.25, 0.3) is 0 Å². The summed E-state index contributed by atoms with van der Waals surface area (Å²) >= 11 is 5.01. The van der Waals surface area contributed by atoms with Crippen LogP contribution in [0.2, 0.25) is 0 Å². The van der Waals surface area contributed by atoms with E-state index in [4.69, 9.17) is 5.73 Å². The topological polar surface area (TPSA) is 43.1 Å². The number of hydrogen-bond donors (Lipinski definition) is 1. The summed E-state index contributed by atoms with van der Waals surface area (Å²) in [4.78, 5) is 1.15. The Bertz CT molecular complexity index is 314. The predicted molar refractivity (Wildman–Crippen MR) is 67.0 cm³/mol. The zero-order valence-electron chi connectivity index (χ0n) is 8.03. The lowest BCUT2D eigenvalue weighted by molar-refractivity contribution is 0.663. The summed E-state index contributed by atoms with van der Waals surface area (Å²) in [7, 11) is -0.823. The van der Waals surface area contributed by atoms with Crippen LogP contribution < -0.4 is 5.73 Å². The van der Waals surface area contributed by atoms with E-state index in [0.29, 0.717) is 11.5 Å². The van der Waals surface area contributed by atoms with Gasteiger partial charge in [-0.1, -0.05) is 6.92 Å². The van der Waals surface area contributed by atoms with Crippen LogP contribution in [-0.4, -0.2) is 16.0 Å². The van der Waals surface area contributed by atoms with Crippen molar-refractivity contribution in [2.75, 3.05) is 5.75 Å². The van der Waals surface area contributed by atoms with Gasteiger partial charge < -0.3 is 5.73 Å². The van der Waals surface area contributed by atoms with Crippen LogP contribution in [0.15, 0.2) is 15.9 Å². The van der Waals surface area contributed by atoms with Crippen LogP contribution in [0.25, 0.3) is 0 Å². The second kappa shape index (κ2) is 6.00. The lowest BCUT2D eigenvalue weighted by Crippen LogP contribution is -2.26. The first-order valence-electron chi connectivity index (χ1n) is 4.45. The molecule has 0 spiro atoms. The van der Waals surface area contributed by atoms with E-state index in [-0.39, 0.29) is 6.04 Å². The standard InChI is InChI=1S/C9H14BrNOS2/c1-2-8(11)5-14(12)6-9-3-7(10)4-13-9/h3-4,8H,2,5-6,11H2,1H3. The molecule has 0 fully saturated rings. The zero-order chi connectivity index (χ0) is 10.6. The summed E-state index contributed by atoms with van der Waals surface area (Å²) in [5.41, 5.74) is 5.73. The van der Waals surface area contributed by atoms with Crippen molar-refractivity contribution in [1.29, 1.82) is 0 Å². The van der Waals surface area contributed by atoms with Crippen molar-refractivity contribution in [2.24, 2.45) is 5.73 Å². The first-order chi connectivity index (χ1) is 6.61. The van der Waals surface area contributed by atoms with Crippen molar-refractivity contribution in [1.82, 2.24) is 0 Å². The monoisotopic (exact) mass is 295 g/mol. The largest absolute Gasteiger partial charge is 0.327 e. The Morgan fingerprint density at radius 3 is 2.93 bits per heavy atom. The second-order valence-electron chi connectivity index (χ2n) is 3.15. The van der Waals surface area contributed by atoms with Gasteiger partial charge in [-0.25, -0.2) is 0 Å². The average molecular weight is 296 g/mol. The van der Waals surface area contributed by atoms with Gasteiger partial charge in [0, 0.05) is 37.3 Å². The third-order valence-electron chi connectivity index (χ3n) is 1.85. The molecule has 0 aliphatic rings. The number of rotatable bonds is 5. The molecular weight excluding hydrogens is 282 g/mol. The highest BCUT2D eigenvalue weighted by molar-refractivity contribution is 9.10. The molecule has 0 saturated carbocycles. The fourth-order valence-corrected chi connectivity index (χ4v) is 4.14. The van der Waals surface area contributed by atoms with Crippen molar-refractivity contribution in [3.8, 4) is 0 Å². The lowest BCUT2D eigenvalue weighted by atomic mass is 10.3. The van der Waals surface area contributed by atoms with Crippen LogP contribution in [0, 0.1) is 0 Å². The van der Waals surface area contributed by atoms with E-state index >= 15 is 0 Å². The number of hydrogen-bond acceptors (Lipinski definition) is 3. The highest BCUT2D eigenvalue weighted by atomic mass is 79.9. The molecule has 2 nitrogen and oxygen atoms in total. The molecule has 1 aromatic heterocycles. The van der Waals surface area contributed by atoms with Gasteiger partial charge in [0.2, 0.25) is 0 Å². The predicted octanol–water partition coefficient (Wildman–Crippen LogP) is 2.50.